The van der Waals surface area contributed by atoms with Gasteiger partial charge in [-0.3, -0.25) is 0 Å². The number of nitrogens with two attached hydrogens (primary N) is 1. The van der Waals surface area contributed by atoms with Gasteiger partial charge in [0, 0.05) is 16.1 Å². The Bertz CT molecular complexity index is 417. The maximum Gasteiger partial charge on any atom is 0.164 e. The zero-order valence-electron chi connectivity index (χ0n) is 10.9. The summed E-state index contributed by atoms with van der Waals surface area (Å²) >= 11 is 3.50. The first-order valence-electron chi connectivity index (χ1n) is 6.38. The molecule has 1 aromatic rings. The lowest BCUT2D eigenvalue weighted by molar-refractivity contribution is 0.114. The Morgan fingerprint density at radius 2 is 2.17 bits per heavy atom. The molecule has 4 heteroatoms. The fourth-order valence-electron chi connectivity index (χ4n) is 2.06. The number of halogens is 1. The van der Waals surface area contributed by atoms with Crippen molar-refractivity contribution in [2.45, 2.75) is 44.8 Å². The highest BCUT2D eigenvalue weighted by atomic mass is 79.9. The predicted molar refractivity (Wildman–Crippen MR) is 76.3 cm³/mol. The Morgan fingerprint density at radius 3 is 2.67 bits per heavy atom. The van der Waals surface area contributed by atoms with E-state index in [0.717, 1.165) is 40.8 Å². The summed E-state index contributed by atoms with van der Waals surface area (Å²) in [5.74, 6) is 1.65. The van der Waals surface area contributed by atoms with E-state index >= 15 is 0 Å². The zero-order valence-corrected chi connectivity index (χ0v) is 12.5. The lowest BCUT2D eigenvalue weighted by Crippen LogP contribution is -2.26. The fourth-order valence-corrected chi connectivity index (χ4v) is 2.55. The van der Waals surface area contributed by atoms with Gasteiger partial charge in [0.05, 0.1) is 13.2 Å². The van der Waals surface area contributed by atoms with Crippen LogP contribution in [-0.4, -0.2) is 19.3 Å². The molecule has 18 heavy (non-hydrogen) atoms. The first-order valence-corrected chi connectivity index (χ1v) is 7.18. The molecule has 1 unspecified atom stereocenters. The van der Waals surface area contributed by atoms with Gasteiger partial charge in [-0.2, -0.15) is 0 Å². The Balaban J connectivity index is 2.30. The highest BCUT2D eigenvalue weighted by Crippen LogP contribution is 2.38. The Kier molecular flexibility index (Phi) is 4.51. The molecule has 1 fully saturated rings. The summed E-state index contributed by atoms with van der Waals surface area (Å²) in [5.41, 5.74) is 7.01. The van der Waals surface area contributed by atoms with Crippen molar-refractivity contribution in [2.24, 2.45) is 5.73 Å². The Labute approximate surface area is 117 Å². The van der Waals surface area contributed by atoms with Gasteiger partial charge in [-0.1, -0.05) is 15.9 Å². The third kappa shape index (κ3) is 3.18. The molecule has 0 radical (unpaired) electrons. The summed E-state index contributed by atoms with van der Waals surface area (Å²) in [6.07, 6.45) is 4.66. The summed E-state index contributed by atoms with van der Waals surface area (Å²) in [5, 5.41) is 0. The molecule has 0 saturated heterocycles. The van der Waals surface area contributed by atoms with Gasteiger partial charge in [0.2, 0.25) is 0 Å². The van der Waals surface area contributed by atoms with Crippen LogP contribution in [0.2, 0.25) is 0 Å². The molecule has 1 atom stereocenters. The second kappa shape index (κ2) is 5.93. The van der Waals surface area contributed by atoms with Crippen LogP contribution in [0.5, 0.6) is 11.5 Å². The van der Waals surface area contributed by atoms with E-state index in [-0.39, 0.29) is 6.04 Å². The van der Waals surface area contributed by atoms with Gasteiger partial charge in [0.1, 0.15) is 0 Å². The lowest BCUT2D eigenvalue weighted by atomic mass is 9.96. The van der Waals surface area contributed by atoms with Gasteiger partial charge in [0.15, 0.2) is 11.5 Å². The number of ether oxygens (including phenoxy) is 2. The van der Waals surface area contributed by atoms with Crippen molar-refractivity contribution in [1.29, 1.82) is 0 Å². The SMILES string of the molecule is COc1cc(Br)cc(CC(C)N)c1OC1CCC1. The quantitative estimate of drug-likeness (QED) is 0.907. The van der Waals surface area contributed by atoms with E-state index in [1.807, 2.05) is 13.0 Å². The molecule has 0 bridgehead atoms. The van der Waals surface area contributed by atoms with E-state index in [9.17, 15) is 0 Å². The fraction of sp³-hybridized carbons (Fsp3) is 0.571. The van der Waals surface area contributed by atoms with Crippen molar-refractivity contribution < 1.29 is 9.47 Å². The van der Waals surface area contributed by atoms with Gasteiger partial charge in [-0.05, 0) is 44.7 Å². The highest BCUT2D eigenvalue weighted by Gasteiger charge is 2.23. The molecule has 1 saturated carbocycles. The van der Waals surface area contributed by atoms with Crippen molar-refractivity contribution in [1.82, 2.24) is 0 Å². The molecule has 0 heterocycles. The van der Waals surface area contributed by atoms with Crippen LogP contribution in [0.3, 0.4) is 0 Å². The molecule has 1 aromatic carbocycles. The van der Waals surface area contributed by atoms with Crippen molar-refractivity contribution >= 4 is 15.9 Å². The molecule has 0 aliphatic heterocycles. The first kappa shape index (κ1) is 13.7. The molecule has 2 N–H and O–H groups in total. The van der Waals surface area contributed by atoms with Gasteiger partial charge in [-0.25, -0.2) is 0 Å². The molecular formula is C14H20BrNO2. The number of hydrogen-bond acceptors (Lipinski definition) is 3. The molecule has 1 aliphatic carbocycles. The molecule has 0 spiro atoms. The van der Waals surface area contributed by atoms with E-state index in [2.05, 4.69) is 22.0 Å². The second-order valence-corrected chi connectivity index (χ2v) is 5.86. The van der Waals surface area contributed by atoms with Crippen LogP contribution in [0.4, 0.5) is 0 Å². The van der Waals surface area contributed by atoms with Crippen molar-refractivity contribution in [3.8, 4) is 11.5 Å². The molecule has 100 valence electrons. The molecule has 1 aliphatic rings. The minimum atomic E-state index is 0.104. The summed E-state index contributed by atoms with van der Waals surface area (Å²) in [6, 6.07) is 4.12. The predicted octanol–water partition coefficient (Wildman–Crippen LogP) is 3.28. The summed E-state index contributed by atoms with van der Waals surface area (Å²) in [7, 11) is 1.67. The average Bonchev–Trinajstić information content (AvgIpc) is 2.23. The van der Waals surface area contributed by atoms with Crippen LogP contribution in [-0.2, 0) is 6.42 Å². The smallest absolute Gasteiger partial charge is 0.164 e. The van der Waals surface area contributed by atoms with E-state index in [4.69, 9.17) is 15.2 Å². The van der Waals surface area contributed by atoms with Crippen molar-refractivity contribution in [3.05, 3.63) is 22.2 Å². The van der Waals surface area contributed by atoms with Gasteiger partial charge < -0.3 is 15.2 Å². The highest BCUT2D eigenvalue weighted by molar-refractivity contribution is 9.10. The lowest BCUT2D eigenvalue weighted by Gasteiger charge is -2.28. The Morgan fingerprint density at radius 1 is 1.44 bits per heavy atom. The third-order valence-corrected chi connectivity index (χ3v) is 3.65. The Hall–Kier alpha value is -0.740. The van der Waals surface area contributed by atoms with E-state index in [1.165, 1.54) is 6.42 Å². The molecular weight excluding hydrogens is 294 g/mol. The van der Waals surface area contributed by atoms with Crippen LogP contribution in [0.1, 0.15) is 31.7 Å². The van der Waals surface area contributed by atoms with E-state index in [0.29, 0.717) is 6.10 Å². The maximum atomic E-state index is 6.06. The van der Waals surface area contributed by atoms with Crippen molar-refractivity contribution in [2.75, 3.05) is 7.11 Å². The molecule has 3 nitrogen and oxygen atoms in total. The topological polar surface area (TPSA) is 44.5 Å². The minimum absolute atomic E-state index is 0.104. The van der Waals surface area contributed by atoms with Crippen LogP contribution in [0.25, 0.3) is 0 Å². The third-order valence-electron chi connectivity index (χ3n) is 3.20. The first-order chi connectivity index (χ1) is 8.60. The van der Waals surface area contributed by atoms with Gasteiger partial charge >= 0.3 is 0 Å². The standard InChI is InChI=1S/C14H20BrNO2/c1-9(16)6-10-7-11(15)8-13(17-2)14(10)18-12-4-3-5-12/h7-9,12H,3-6,16H2,1-2H3. The second-order valence-electron chi connectivity index (χ2n) is 4.95. The number of hydrogen-bond donors (Lipinski definition) is 1. The monoisotopic (exact) mass is 313 g/mol. The minimum Gasteiger partial charge on any atom is -0.493 e. The number of methoxy groups -OCH3 is 1. The van der Waals surface area contributed by atoms with Gasteiger partial charge in [0.25, 0.3) is 0 Å². The number of rotatable bonds is 5. The van der Waals surface area contributed by atoms with Crippen LogP contribution in [0.15, 0.2) is 16.6 Å². The molecule has 2 rings (SSSR count). The zero-order chi connectivity index (χ0) is 13.1. The normalized spacial score (nSPS) is 17.1. The van der Waals surface area contributed by atoms with E-state index < -0.39 is 0 Å². The molecule has 0 aromatic heterocycles. The van der Waals surface area contributed by atoms with Crippen LogP contribution < -0.4 is 15.2 Å². The van der Waals surface area contributed by atoms with Crippen LogP contribution in [0, 0.1) is 0 Å². The molecule has 0 amide bonds. The number of benzene rings is 1. The van der Waals surface area contributed by atoms with E-state index in [1.54, 1.807) is 7.11 Å². The van der Waals surface area contributed by atoms with Gasteiger partial charge in [-0.15, -0.1) is 0 Å². The van der Waals surface area contributed by atoms with Crippen molar-refractivity contribution in [3.63, 3.8) is 0 Å². The summed E-state index contributed by atoms with van der Waals surface area (Å²) in [6.45, 7) is 2.00. The van der Waals surface area contributed by atoms with Crippen LogP contribution >= 0.6 is 15.9 Å². The maximum absolute atomic E-state index is 6.06. The average molecular weight is 314 g/mol. The largest absolute Gasteiger partial charge is 0.493 e. The summed E-state index contributed by atoms with van der Waals surface area (Å²) < 4.78 is 12.5. The summed E-state index contributed by atoms with van der Waals surface area (Å²) in [4.78, 5) is 0.